The molecule has 1 saturated heterocycles. The van der Waals surface area contributed by atoms with Crippen molar-refractivity contribution in [2.24, 2.45) is 0 Å². The number of aliphatic hydroxyl groups is 1. The Balaban J connectivity index is 1.66. The average molecular weight is 319 g/mol. The predicted octanol–water partition coefficient (Wildman–Crippen LogP) is 2.40. The van der Waals surface area contributed by atoms with Crippen LogP contribution in [0, 0.1) is 0 Å². The molecular weight excluding hydrogens is 286 g/mol. The molecule has 1 aromatic carbocycles. The van der Waals surface area contributed by atoms with Gasteiger partial charge in [-0.3, -0.25) is 4.90 Å². The molecule has 130 valence electrons. The van der Waals surface area contributed by atoms with E-state index in [0.717, 1.165) is 45.8 Å². The minimum atomic E-state index is 0.200. The van der Waals surface area contributed by atoms with Crippen LogP contribution in [0.1, 0.15) is 32.8 Å². The molecule has 1 aliphatic rings. The van der Waals surface area contributed by atoms with Crippen LogP contribution in [0.2, 0.25) is 0 Å². The fourth-order valence-electron chi connectivity index (χ4n) is 3.01. The molecule has 0 aromatic heterocycles. The first-order chi connectivity index (χ1) is 11.0. The van der Waals surface area contributed by atoms with E-state index in [9.17, 15) is 0 Å². The summed E-state index contributed by atoms with van der Waals surface area (Å²) in [5.74, 6) is 0. The summed E-state index contributed by atoms with van der Waals surface area (Å²) in [5, 5.41) is 12.5. The maximum Gasteiger partial charge on any atom is 0.0558 e. The van der Waals surface area contributed by atoms with Gasteiger partial charge in [0.1, 0.15) is 0 Å². The van der Waals surface area contributed by atoms with Gasteiger partial charge < -0.3 is 15.3 Å². The summed E-state index contributed by atoms with van der Waals surface area (Å²) in [6, 6.07) is 8.77. The largest absolute Gasteiger partial charge is 0.395 e. The summed E-state index contributed by atoms with van der Waals surface area (Å²) in [4.78, 5) is 4.87. The molecule has 0 amide bonds. The lowest BCUT2D eigenvalue weighted by molar-refractivity contribution is 0.112. The van der Waals surface area contributed by atoms with Crippen molar-refractivity contribution in [3.05, 3.63) is 29.8 Å². The number of benzene rings is 1. The van der Waals surface area contributed by atoms with Crippen molar-refractivity contribution in [3.63, 3.8) is 0 Å². The Kier molecular flexibility index (Phi) is 6.88. The summed E-state index contributed by atoms with van der Waals surface area (Å²) < 4.78 is 0. The molecule has 1 heterocycles. The van der Waals surface area contributed by atoms with Gasteiger partial charge >= 0.3 is 0 Å². The Bertz CT molecular complexity index is 462. The second-order valence-corrected chi connectivity index (χ2v) is 7.52. The van der Waals surface area contributed by atoms with Gasteiger partial charge in [0.05, 0.1) is 6.61 Å². The normalized spacial score (nSPS) is 17.4. The summed E-state index contributed by atoms with van der Waals surface area (Å²) in [7, 11) is 0. The SMILES string of the molecule is CC(C)(C)c1cccc(NCCCN2CCN(CCO)CC2)c1. The van der Waals surface area contributed by atoms with Crippen LogP contribution in [0.25, 0.3) is 0 Å². The molecule has 0 bridgehead atoms. The van der Waals surface area contributed by atoms with Crippen molar-refractivity contribution < 1.29 is 5.11 Å². The van der Waals surface area contributed by atoms with E-state index in [1.54, 1.807) is 0 Å². The molecule has 1 aromatic rings. The molecule has 0 radical (unpaired) electrons. The van der Waals surface area contributed by atoms with Crippen LogP contribution in [-0.4, -0.2) is 67.3 Å². The number of piperazine rings is 1. The van der Waals surface area contributed by atoms with E-state index < -0.39 is 0 Å². The van der Waals surface area contributed by atoms with Gasteiger partial charge in [0, 0.05) is 45.0 Å². The summed E-state index contributed by atoms with van der Waals surface area (Å²) in [6.07, 6.45) is 1.17. The van der Waals surface area contributed by atoms with Gasteiger partial charge in [-0.15, -0.1) is 0 Å². The Hall–Kier alpha value is -1.10. The van der Waals surface area contributed by atoms with E-state index in [1.165, 1.54) is 17.7 Å². The van der Waals surface area contributed by atoms with Crippen molar-refractivity contribution in [1.82, 2.24) is 9.80 Å². The molecule has 23 heavy (non-hydrogen) atoms. The first-order valence-electron chi connectivity index (χ1n) is 8.89. The lowest BCUT2D eigenvalue weighted by Gasteiger charge is -2.34. The Morgan fingerprint density at radius 3 is 2.30 bits per heavy atom. The first-order valence-corrected chi connectivity index (χ1v) is 8.89. The molecule has 1 aliphatic heterocycles. The van der Waals surface area contributed by atoms with E-state index in [0.29, 0.717) is 0 Å². The van der Waals surface area contributed by atoms with Gasteiger partial charge in [-0.05, 0) is 36.1 Å². The van der Waals surface area contributed by atoms with E-state index in [2.05, 4.69) is 60.2 Å². The maximum atomic E-state index is 8.97. The third-order valence-electron chi connectivity index (χ3n) is 4.59. The molecule has 2 rings (SSSR count). The molecule has 0 atom stereocenters. The van der Waals surface area contributed by atoms with Gasteiger partial charge in [-0.1, -0.05) is 32.9 Å². The van der Waals surface area contributed by atoms with Gasteiger partial charge in [-0.25, -0.2) is 0 Å². The quantitative estimate of drug-likeness (QED) is 0.757. The number of aliphatic hydroxyl groups excluding tert-OH is 1. The van der Waals surface area contributed by atoms with Crippen molar-refractivity contribution >= 4 is 5.69 Å². The minimum absolute atomic E-state index is 0.200. The van der Waals surface area contributed by atoms with Crippen molar-refractivity contribution in [2.75, 3.05) is 57.7 Å². The standard InChI is InChI=1S/C19H33N3O/c1-19(2,3)17-6-4-7-18(16-17)20-8-5-9-21-10-12-22(13-11-21)14-15-23/h4,6-7,16,20,23H,5,8-15H2,1-3H3. The molecule has 2 N–H and O–H groups in total. The van der Waals surface area contributed by atoms with Crippen LogP contribution >= 0.6 is 0 Å². The summed E-state index contributed by atoms with van der Waals surface area (Å²) in [6.45, 7) is 14.4. The molecule has 0 saturated carbocycles. The maximum absolute atomic E-state index is 8.97. The van der Waals surface area contributed by atoms with Crippen molar-refractivity contribution in [2.45, 2.75) is 32.6 Å². The van der Waals surface area contributed by atoms with E-state index in [4.69, 9.17) is 5.11 Å². The summed E-state index contributed by atoms with van der Waals surface area (Å²) in [5.41, 5.74) is 2.80. The Morgan fingerprint density at radius 1 is 1.04 bits per heavy atom. The number of hydrogen-bond donors (Lipinski definition) is 2. The Morgan fingerprint density at radius 2 is 1.70 bits per heavy atom. The zero-order valence-electron chi connectivity index (χ0n) is 15.0. The van der Waals surface area contributed by atoms with Gasteiger partial charge in [0.2, 0.25) is 0 Å². The minimum Gasteiger partial charge on any atom is -0.395 e. The third kappa shape index (κ3) is 6.13. The van der Waals surface area contributed by atoms with Crippen LogP contribution in [0.4, 0.5) is 5.69 Å². The topological polar surface area (TPSA) is 38.7 Å². The number of hydrogen-bond acceptors (Lipinski definition) is 4. The van der Waals surface area contributed by atoms with Crippen LogP contribution in [0.5, 0.6) is 0 Å². The smallest absolute Gasteiger partial charge is 0.0558 e. The number of nitrogens with zero attached hydrogens (tertiary/aromatic N) is 2. The zero-order valence-corrected chi connectivity index (χ0v) is 15.0. The fourth-order valence-corrected chi connectivity index (χ4v) is 3.01. The molecule has 0 aliphatic carbocycles. The molecule has 1 fully saturated rings. The van der Waals surface area contributed by atoms with Crippen LogP contribution in [-0.2, 0) is 5.41 Å². The highest BCUT2D eigenvalue weighted by molar-refractivity contribution is 5.47. The fraction of sp³-hybridized carbons (Fsp3) is 0.684. The van der Waals surface area contributed by atoms with Crippen molar-refractivity contribution in [3.8, 4) is 0 Å². The van der Waals surface area contributed by atoms with Gasteiger partial charge in [0.15, 0.2) is 0 Å². The second-order valence-electron chi connectivity index (χ2n) is 7.52. The second kappa shape index (κ2) is 8.67. The van der Waals surface area contributed by atoms with Crippen molar-refractivity contribution in [1.29, 1.82) is 0 Å². The highest BCUT2D eigenvalue weighted by atomic mass is 16.3. The molecular formula is C19H33N3O. The van der Waals surface area contributed by atoms with Crippen LogP contribution in [0.15, 0.2) is 24.3 Å². The highest BCUT2D eigenvalue weighted by Crippen LogP contribution is 2.24. The van der Waals surface area contributed by atoms with Gasteiger partial charge in [0.25, 0.3) is 0 Å². The molecule has 4 heteroatoms. The van der Waals surface area contributed by atoms with E-state index in [1.807, 2.05) is 0 Å². The monoisotopic (exact) mass is 319 g/mol. The van der Waals surface area contributed by atoms with Crippen LogP contribution < -0.4 is 5.32 Å². The zero-order chi connectivity index (χ0) is 16.7. The lowest BCUT2D eigenvalue weighted by atomic mass is 9.87. The first kappa shape index (κ1) is 18.2. The molecule has 0 spiro atoms. The lowest BCUT2D eigenvalue weighted by Crippen LogP contribution is -2.47. The third-order valence-corrected chi connectivity index (χ3v) is 4.59. The number of nitrogens with one attached hydrogen (secondary N) is 1. The van der Waals surface area contributed by atoms with Gasteiger partial charge in [-0.2, -0.15) is 0 Å². The predicted molar refractivity (Wildman–Crippen MR) is 98.2 cm³/mol. The number of rotatable bonds is 7. The average Bonchev–Trinajstić information content (AvgIpc) is 2.53. The molecule has 4 nitrogen and oxygen atoms in total. The van der Waals surface area contributed by atoms with E-state index in [-0.39, 0.29) is 12.0 Å². The summed E-state index contributed by atoms with van der Waals surface area (Å²) >= 11 is 0. The molecule has 0 unspecified atom stereocenters. The number of β-amino-alcohol motifs (C(OH)–C–C–N with tert-alkyl or cyclic N) is 1. The highest BCUT2D eigenvalue weighted by Gasteiger charge is 2.16. The van der Waals surface area contributed by atoms with Crippen LogP contribution in [0.3, 0.4) is 0 Å². The number of anilines is 1. The Labute approximate surface area is 141 Å². The van der Waals surface area contributed by atoms with E-state index >= 15 is 0 Å².